The summed E-state index contributed by atoms with van der Waals surface area (Å²) in [5, 5.41) is 2.82. The third-order valence-corrected chi connectivity index (χ3v) is 9.45. The molecule has 1 unspecified atom stereocenters. The molecule has 3 aliphatic heterocycles. The van der Waals surface area contributed by atoms with Gasteiger partial charge in [0.05, 0.1) is 6.33 Å². The maximum atomic E-state index is 14.0. The van der Waals surface area contributed by atoms with Crippen LogP contribution in [0, 0.1) is 0 Å². The van der Waals surface area contributed by atoms with Crippen LogP contribution in [0.15, 0.2) is 12.7 Å². The van der Waals surface area contributed by atoms with Crippen LogP contribution in [0.1, 0.15) is 88.8 Å². The summed E-state index contributed by atoms with van der Waals surface area (Å²) in [5.74, 6) is -1.70. The second-order valence-electron chi connectivity index (χ2n) is 18.4. The second kappa shape index (κ2) is 17.9. The molecular formula is C39H62N10O11. The summed E-state index contributed by atoms with van der Waals surface area (Å²) in [6.45, 7) is 19.6. The quantitative estimate of drug-likeness (QED) is 0.412. The topological polar surface area (TPSA) is 235 Å². The molecule has 0 aliphatic carbocycles. The lowest BCUT2D eigenvalue weighted by Crippen LogP contribution is -2.52. The number of anilines is 1. The van der Waals surface area contributed by atoms with Gasteiger partial charge in [-0.15, -0.1) is 0 Å². The Bertz CT molecular complexity index is 1840. The van der Waals surface area contributed by atoms with Crippen molar-refractivity contribution < 1.29 is 52.4 Å². The molecule has 3 N–H and O–H groups in total. The standard InChI is InChI=1S/C39H62N10O11/c1-36(2,3)58-33(52)46-16-14-45(15-17-47(34(53)59-37(4,5)6)19-21-48(20-18-46)35(54)60-38(7,8)9)24(50)12-13-41-31(51)27-26-28(57-39(10,11)56-26)32(55-27)49-23-44-25-29(40)42-22-43-30(25)49/h22-23,26-28,32H,12-21H2,1-11H3,(H,41,51)(H2,40,42,43)/t26-,27-,28?,32+/m0/s1. The molecule has 3 saturated heterocycles. The molecule has 60 heavy (non-hydrogen) atoms. The van der Waals surface area contributed by atoms with Gasteiger partial charge in [0, 0.05) is 65.3 Å². The van der Waals surface area contributed by atoms with E-state index in [0.29, 0.717) is 11.2 Å². The minimum absolute atomic E-state index is 0.0502. The summed E-state index contributed by atoms with van der Waals surface area (Å²) in [4.78, 5) is 86.4. The molecule has 0 radical (unpaired) electrons. The number of carbonyl (C=O) groups is 5. The Balaban J connectivity index is 1.30. The van der Waals surface area contributed by atoms with E-state index in [4.69, 9.17) is 34.2 Å². The van der Waals surface area contributed by atoms with Crippen LogP contribution in [0.2, 0.25) is 0 Å². The van der Waals surface area contributed by atoms with Crippen molar-refractivity contribution in [3.05, 3.63) is 12.7 Å². The lowest BCUT2D eigenvalue weighted by atomic mass is 10.1. The van der Waals surface area contributed by atoms with Gasteiger partial charge in [-0.1, -0.05) is 0 Å². The number of hydrogen-bond acceptors (Lipinski definition) is 15. The van der Waals surface area contributed by atoms with Crippen LogP contribution in [-0.2, 0) is 38.0 Å². The summed E-state index contributed by atoms with van der Waals surface area (Å²) in [5.41, 5.74) is 4.36. The lowest BCUT2D eigenvalue weighted by molar-refractivity contribution is -0.197. The van der Waals surface area contributed by atoms with Crippen molar-refractivity contribution in [3.8, 4) is 0 Å². The van der Waals surface area contributed by atoms with Crippen LogP contribution >= 0.6 is 0 Å². The molecule has 5 rings (SSSR count). The highest BCUT2D eigenvalue weighted by molar-refractivity contribution is 5.84. The van der Waals surface area contributed by atoms with Crippen molar-refractivity contribution in [1.29, 1.82) is 0 Å². The molecule has 5 amide bonds. The van der Waals surface area contributed by atoms with Gasteiger partial charge in [-0.05, 0) is 76.2 Å². The number of ether oxygens (including phenoxy) is 6. The number of imidazole rings is 1. The van der Waals surface area contributed by atoms with Crippen molar-refractivity contribution in [2.24, 2.45) is 0 Å². The maximum Gasteiger partial charge on any atom is 0.410 e. The van der Waals surface area contributed by atoms with Crippen LogP contribution in [0.3, 0.4) is 0 Å². The van der Waals surface area contributed by atoms with Gasteiger partial charge in [-0.2, -0.15) is 0 Å². The van der Waals surface area contributed by atoms with Gasteiger partial charge in [0.15, 0.2) is 29.6 Å². The molecule has 3 aliphatic rings. The van der Waals surface area contributed by atoms with Crippen molar-refractivity contribution in [2.45, 2.75) is 130 Å². The zero-order valence-corrected chi connectivity index (χ0v) is 36.7. The number of rotatable bonds is 5. The predicted molar refractivity (Wildman–Crippen MR) is 215 cm³/mol. The van der Waals surface area contributed by atoms with Crippen LogP contribution in [-0.4, -0.2) is 169 Å². The first-order chi connectivity index (χ1) is 27.8. The molecule has 0 saturated carbocycles. The van der Waals surface area contributed by atoms with E-state index < -0.39 is 71.3 Å². The Kier molecular flexibility index (Phi) is 13.7. The van der Waals surface area contributed by atoms with Crippen LogP contribution in [0.25, 0.3) is 11.2 Å². The van der Waals surface area contributed by atoms with Crippen molar-refractivity contribution in [1.82, 2.24) is 44.4 Å². The van der Waals surface area contributed by atoms with Gasteiger partial charge in [-0.25, -0.2) is 29.3 Å². The Morgan fingerprint density at radius 1 is 0.717 bits per heavy atom. The first-order valence-electron chi connectivity index (χ1n) is 20.2. The molecule has 3 fully saturated rings. The first kappa shape index (κ1) is 46.1. The molecule has 21 nitrogen and oxygen atoms in total. The second-order valence-corrected chi connectivity index (χ2v) is 18.4. The van der Waals surface area contributed by atoms with Crippen molar-refractivity contribution >= 4 is 47.1 Å². The fourth-order valence-corrected chi connectivity index (χ4v) is 6.81. The van der Waals surface area contributed by atoms with E-state index in [1.54, 1.807) is 80.7 Å². The van der Waals surface area contributed by atoms with Gasteiger partial charge < -0.3 is 59.1 Å². The van der Waals surface area contributed by atoms with E-state index in [1.165, 1.54) is 32.3 Å². The largest absolute Gasteiger partial charge is 0.444 e. The average molecular weight is 847 g/mol. The fraction of sp³-hybridized carbons (Fsp3) is 0.744. The van der Waals surface area contributed by atoms with Crippen molar-refractivity contribution in [2.75, 3.05) is 64.6 Å². The summed E-state index contributed by atoms with van der Waals surface area (Å²) in [7, 11) is 0. The van der Waals surface area contributed by atoms with E-state index >= 15 is 0 Å². The smallest absolute Gasteiger partial charge is 0.410 e. The van der Waals surface area contributed by atoms with Gasteiger partial charge >= 0.3 is 18.3 Å². The third-order valence-electron chi connectivity index (χ3n) is 9.45. The highest BCUT2D eigenvalue weighted by Crippen LogP contribution is 2.44. The maximum absolute atomic E-state index is 14.0. The van der Waals surface area contributed by atoms with Crippen molar-refractivity contribution in [3.63, 3.8) is 0 Å². The molecule has 334 valence electrons. The van der Waals surface area contributed by atoms with Gasteiger partial charge in [0.25, 0.3) is 5.91 Å². The molecule has 2 aromatic rings. The monoisotopic (exact) mass is 846 g/mol. The molecule has 5 heterocycles. The van der Waals surface area contributed by atoms with Gasteiger partial charge in [0.2, 0.25) is 5.91 Å². The molecule has 0 aromatic carbocycles. The molecular weight excluding hydrogens is 784 g/mol. The predicted octanol–water partition coefficient (Wildman–Crippen LogP) is 2.89. The molecule has 0 spiro atoms. The number of nitrogen functional groups attached to an aromatic ring is 1. The zero-order valence-electron chi connectivity index (χ0n) is 36.7. The van der Waals surface area contributed by atoms with Crippen LogP contribution < -0.4 is 11.1 Å². The number of carbonyl (C=O) groups excluding carboxylic acids is 5. The van der Waals surface area contributed by atoms with E-state index in [0.717, 1.165) is 0 Å². The van der Waals surface area contributed by atoms with Gasteiger partial charge in [-0.3, -0.25) is 14.2 Å². The number of nitrogens with one attached hydrogen (secondary N) is 1. The Hall–Kier alpha value is -5.02. The molecule has 0 bridgehead atoms. The summed E-state index contributed by atoms with van der Waals surface area (Å²) in [6.07, 6.45) is -2.61. The fourth-order valence-electron chi connectivity index (χ4n) is 6.81. The Labute approximate surface area is 350 Å². The molecule has 2 aromatic heterocycles. The third kappa shape index (κ3) is 12.1. The van der Waals surface area contributed by atoms with E-state index in [-0.39, 0.29) is 77.0 Å². The Morgan fingerprint density at radius 2 is 1.17 bits per heavy atom. The average Bonchev–Trinajstić information content (AvgIpc) is 3.77. The summed E-state index contributed by atoms with van der Waals surface area (Å²) >= 11 is 0. The van der Waals surface area contributed by atoms with Crippen LogP contribution in [0.5, 0.6) is 0 Å². The number of nitrogens with two attached hydrogens (primary N) is 1. The summed E-state index contributed by atoms with van der Waals surface area (Å²) < 4.78 is 37.2. The number of amides is 5. The number of nitrogens with zero attached hydrogens (tertiary/aromatic N) is 8. The zero-order chi connectivity index (χ0) is 44.4. The molecule has 21 heteroatoms. The number of fused-ring (bicyclic) bond motifs is 2. The Morgan fingerprint density at radius 3 is 1.63 bits per heavy atom. The van der Waals surface area contributed by atoms with E-state index in [1.807, 2.05) is 0 Å². The lowest BCUT2D eigenvalue weighted by Gasteiger charge is -2.36. The molecule has 4 atom stereocenters. The summed E-state index contributed by atoms with van der Waals surface area (Å²) in [6, 6.07) is 0. The normalized spacial score (nSPS) is 23.1. The first-order valence-corrected chi connectivity index (χ1v) is 20.2. The highest BCUT2D eigenvalue weighted by atomic mass is 16.8. The van der Waals surface area contributed by atoms with Crippen LogP contribution in [0.4, 0.5) is 20.2 Å². The van der Waals surface area contributed by atoms with E-state index in [2.05, 4.69) is 20.3 Å². The minimum Gasteiger partial charge on any atom is -0.444 e. The SMILES string of the molecule is CC(C)(C)OC(=O)N1CCN(C(=O)CCNC(=O)[C@H]2O[C@@H](n3cnc4c(N)ncnc43)C3OC(C)(C)O[C@H]32)CCN(C(=O)OC(C)(C)C)CCN(C(=O)OC(C)(C)C)CC1. The highest BCUT2D eigenvalue weighted by Gasteiger charge is 2.58. The van der Waals surface area contributed by atoms with Gasteiger partial charge in [0.1, 0.15) is 40.9 Å². The van der Waals surface area contributed by atoms with E-state index in [9.17, 15) is 24.0 Å². The number of hydrogen-bond donors (Lipinski definition) is 2. The number of aromatic nitrogens is 4. The minimum atomic E-state index is -1.11.